The number of alkyl halides is 5. The van der Waals surface area contributed by atoms with Gasteiger partial charge in [0.25, 0.3) is 6.43 Å². The summed E-state index contributed by atoms with van der Waals surface area (Å²) in [5.74, 6) is -2.26. The Labute approximate surface area is 97.6 Å². The Balaban J connectivity index is 3.52. The number of methoxy groups -OCH3 is 1. The fourth-order valence-corrected chi connectivity index (χ4v) is 1.19. The topological polar surface area (TPSA) is 65.2 Å². The molecule has 100 valence electrons. The number of halogens is 5. The standard InChI is InChI=1S/C9H7F5N2O2/c1-18-8(17)5-4(9(12,13)14)2-3(6(10)11)7(15)16-5/h2,6H,1H3,(H2,15,16). The molecule has 1 aromatic rings. The smallest absolute Gasteiger partial charge is 0.418 e. The molecular weight excluding hydrogens is 263 g/mol. The Kier molecular flexibility index (Phi) is 3.73. The number of ether oxygens (including phenoxy) is 1. The number of anilines is 1. The Morgan fingerprint density at radius 3 is 2.39 bits per heavy atom. The molecule has 4 nitrogen and oxygen atoms in total. The molecule has 0 spiro atoms. The molecule has 0 bridgehead atoms. The molecule has 1 heterocycles. The van der Waals surface area contributed by atoms with E-state index in [0.717, 1.165) is 7.11 Å². The number of pyridine rings is 1. The van der Waals surface area contributed by atoms with E-state index in [2.05, 4.69) is 9.72 Å². The highest BCUT2D eigenvalue weighted by Gasteiger charge is 2.38. The number of hydrogen-bond acceptors (Lipinski definition) is 4. The molecule has 0 aliphatic heterocycles. The third-order valence-corrected chi connectivity index (χ3v) is 2.00. The molecule has 0 saturated carbocycles. The van der Waals surface area contributed by atoms with E-state index >= 15 is 0 Å². The highest BCUT2D eigenvalue weighted by Crippen LogP contribution is 2.35. The normalized spacial score (nSPS) is 11.7. The summed E-state index contributed by atoms with van der Waals surface area (Å²) in [6.45, 7) is 0. The predicted octanol–water partition coefficient (Wildman–Crippen LogP) is 2.41. The lowest BCUT2D eigenvalue weighted by Crippen LogP contribution is -2.18. The van der Waals surface area contributed by atoms with Gasteiger partial charge in [0.2, 0.25) is 0 Å². The SMILES string of the molecule is COC(=O)c1nc(N)c(C(F)F)cc1C(F)(F)F. The van der Waals surface area contributed by atoms with E-state index in [4.69, 9.17) is 5.73 Å². The Bertz CT molecular complexity index is 473. The second kappa shape index (κ2) is 4.75. The van der Waals surface area contributed by atoms with Gasteiger partial charge in [0.15, 0.2) is 5.69 Å². The van der Waals surface area contributed by atoms with Crippen LogP contribution in [0.5, 0.6) is 0 Å². The van der Waals surface area contributed by atoms with Gasteiger partial charge in [-0.1, -0.05) is 0 Å². The highest BCUT2D eigenvalue weighted by atomic mass is 19.4. The van der Waals surface area contributed by atoms with Gasteiger partial charge in [0, 0.05) is 0 Å². The van der Waals surface area contributed by atoms with Crippen LogP contribution in [0.25, 0.3) is 0 Å². The maximum Gasteiger partial charge on any atom is 0.418 e. The van der Waals surface area contributed by atoms with Crippen molar-refractivity contribution >= 4 is 11.8 Å². The minimum absolute atomic E-state index is 0.0965. The van der Waals surface area contributed by atoms with E-state index in [-0.39, 0.29) is 6.07 Å². The summed E-state index contributed by atoms with van der Waals surface area (Å²) < 4.78 is 66.7. The number of nitrogens with zero attached hydrogens (tertiary/aromatic N) is 1. The van der Waals surface area contributed by atoms with Crippen LogP contribution in [-0.4, -0.2) is 18.1 Å². The van der Waals surface area contributed by atoms with Gasteiger partial charge in [0.05, 0.1) is 18.2 Å². The Morgan fingerprint density at radius 1 is 1.44 bits per heavy atom. The molecule has 0 radical (unpaired) electrons. The molecule has 0 aromatic carbocycles. The number of carbonyl (C=O) groups is 1. The summed E-state index contributed by atoms with van der Waals surface area (Å²) >= 11 is 0. The number of rotatable bonds is 2. The van der Waals surface area contributed by atoms with Crippen LogP contribution in [0.4, 0.5) is 27.8 Å². The molecule has 1 aromatic heterocycles. The molecule has 2 N–H and O–H groups in total. The van der Waals surface area contributed by atoms with Crippen LogP contribution in [0.3, 0.4) is 0 Å². The van der Waals surface area contributed by atoms with Gasteiger partial charge >= 0.3 is 12.1 Å². The first-order valence-corrected chi connectivity index (χ1v) is 4.42. The number of carbonyl (C=O) groups excluding carboxylic acids is 1. The van der Waals surface area contributed by atoms with E-state index in [0.29, 0.717) is 0 Å². The first-order valence-electron chi connectivity index (χ1n) is 4.42. The minimum Gasteiger partial charge on any atom is -0.464 e. The van der Waals surface area contributed by atoms with Crippen molar-refractivity contribution in [3.63, 3.8) is 0 Å². The summed E-state index contributed by atoms with van der Waals surface area (Å²) in [5.41, 5.74) is 1.21. The zero-order chi connectivity index (χ0) is 14.1. The van der Waals surface area contributed by atoms with Gasteiger partial charge in [-0.15, -0.1) is 0 Å². The fourth-order valence-electron chi connectivity index (χ4n) is 1.19. The summed E-state index contributed by atoms with van der Waals surface area (Å²) in [7, 11) is 0.835. The number of aromatic nitrogens is 1. The monoisotopic (exact) mass is 270 g/mol. The van der Waals surface area contributed by atoms with E-state index in [9.17, 15) is 26.7 Å². The highest BCUT2D eigenvalue weighted by molar-refractivity contribution is 5.89. The Morgan fingerprint density at radius 2 is 2.00 bits per heavy atom. The fraction of sp³-hybridized carbons (Fsp3) is 0.333. The van der Waals surface area contributed by atoms with Crippen LogP contribution in [0.15, 0.2) is 6.07 Å². The van der Waals surface area contributed by atoms with Crippen molar-refractivity contribution in [2.75, 3.05) is 12.8 Å². The number of nitrogen functional groups attached to an aromatic ring is 1. The number of nitrogens with two attached hydrogens (primary N) is 1. The van der Waals surface area contributed by atoms with Crippen LogP contribution in [-0.2, 0) is 10.9 Å². The van der Waals surface area contributed by atoms with Crippen molar-refractivity contribution in [2.24, 2.45) is 0 Å². The van der Waals surface area contributed by atoms with Crippen molar-refractivity contribution in [1.29, 1.82) is 0 Å². The zero-order valence-corrected chi connectivity index (χ0v) is 8.89. The second-order valence-electron chi connectivity index (χ2n) is 3.15. The molecule has 0 aliphatic carbocycles. The third-order valence-electron chi connectivity index (χ3n) is 2.00. The van der Waals surface area contributed by atoms with Gasteiger partial charge in [-0.05, 0) is 6.07 Å². The third kappa shape index (κ3) is 2.66. The summed E-state index contributed by atoms with van der Waals surface area (Å²) in [4.78, 5) is 14.1. The van der Waals surface area contributed by atoms with E-state index in [1.807, 2.05) is 0 Å². The van der Waals surface area contributed by atoms with Crippen LogP contribution in [0.2, 0.25) is 0 Å². The van der Waals surface area contributed by atoms with Gasteiger partial charge in [-0.2, -0.15) is 13.2 Å². The number of hydrogen-bond donors (Lipinski definition) is 1. The molecule has 9 heteroatoms. The van der Waals surface area contributed by atoms with Crippen molar-refractivity contribution in [3.05, 3.63) is 22.9 Å². The van der Waals surface area contributed by atoms with E-state index in [1.165, 1.54) is 0 Å². The molecule has 18 heavy (non-hydrogen) atoms. The van der Waals surface area contributed by atoms with Crippen molar-refractivity contribution in [3.8, 4) is 0 Å². The molecule has 0 amide bonds. The lowest BCUT2D eigenvalue weighted by molar-refractivity contribution is -0.138. The summed E-state index contributed by atoms with van der Waals surface area (Å²) in [6.07, 6.45) is -8.25. The summed E-state index contributed by atoms with van der Waals surface area (Å²) in [6, 6.07) is 0.0965. The van der Waals surface area contributed by atoms with Crippen molar-refractivity contribution in [1.82, 2.24) is 4.98 Å². The molecule has 0 aliphatic rings. The zero-order valence-electron chi connectivity index (χ0n) is 8.89. The van der Waals surface area contributed by atoms with Crippen LogP contribution in [0, 0.1) is 0 Å². The molecule has 0 unspecified atom stereocenters. The second-order valence-corrected chi connectivity index (χ2v) is 3.15. The summed E-state index contributed by atoms with van der Waals surface area (Å²) in [5, 5.41) is 0. The molecule has 0 saturated heterocycles. The van der Waals surface area contributed by atoms with Crippen LogP contribution in [0.1, 0.15) is 28.0 Å². The molecule has 0 atom stereocenters. The average molecular weight is 270 g/mol. The number of esters is 1. The first-order chi connectivity index (χ1) is 8.18. The maximum absolute atomic E-state index is 12.6. The average Bonchev–Trinajstić information content (AvgIpc) is 2.25. The lowest BCUT2D eigenvalue weighted by atomic mass is 10.1. The van der Waals surface area contributed by atoms with Gasteiger partial charge < -0.3 is 10.5 Å². The van der Waals surface area contributed by atoms with Crippen LogP contribution < -0.4 is 5.73 Å². The molecular formula is C9H7F5N2O2. The van der Waals surface area contributed by atoms with Crippen molar-refractivity contribution in [2.45, 2.75) is 12.6 Å². The van der Waals surface area contributed by atoms with Gasteiger partial charge in [-0.25, -0.2) is 18.6 Å². The van der Waals surface area contributed by atoms with Gasteiger partial charge in [0.1, 0.15) is 5.82 Å². The minimum atomic E-state index is -5.02. The van der Waals surface area contributed by atoms with Crippen molar-refractivity contribution < 1.29 is 31.5 Å². The van der Waals surface area contributed by atoms with Crippen LogP contribution >= 0.6 is 0 Å². The van der Waals surface area contributed by atoms with E-state index < -0.39 is 41.2 Å². The quantitative estimate of drug-likeness (QED) is 0.662. The Hall–Kier alpha value is -1.93. The molecule has 0 fully saturated rings. The first kappa shape index (κ1) is 14.1. The van der Waals surface area contributed by atoms with E-state index in [1.54, 1.807) is 0 Å². The molecule has 1 rings (SSSR count). The largest absolute Gasteiger partial charge is 0.464 e. The maximum atomic E-state index is 12.6. The van der Waals surface area contributed by atoms with Gasteiger partial charge in [-0.3, -0.25) is 0 Å². The lowest BCUT2D eigenvalue weighted by Gasteiger charge is -2.13. The predicted molar refractivity (Wildman–Crippen MR) is 49.9 cm³/mol.